The average molecular weight is 475 g/mol. The van der Waals surface area contributed by atoms with Crippen LogP contribution < -0.4 is 11.1 Å². The third-order valence-corrected chi connectivity index (χ3v) is 5.21. The standard InChI is InChI=1S/C21H16F3N5O3S/c1-13-17(11-25-29(13)15-7-3-2-4-8-15)19-27-28(20(31)32-19)12-18(30)26-14-6-5-9-16(10-14)33-21(22,23)24/h2-11H,12H2,1H3,(H,26,30). The molecule has 1 N–H and O–H groups in total. The summed E-state index contributed by atoms with van der Waals surface area (Å²) in [7, 11) is 0. The third kappa shape index (κ3) is 5.34. The minimum atomic E-state index is -4.44. The third-order valence-electron chi connectivity index (χ3n) is 4.49. The summed E-state index contributed by atoms with van der Waals surface area (Å²) in [6, 6.07) is 14.6. The van der Waals surface area contributed by atoms with Crippen molar-refractivity contribution >= 4 is 23.4 Å². The summed E-state index contributed by atoms with van der Waals surface area (Å²) < 4.78 is 45.3. The number of alkyl halides is 3. The zero-order chi connectivity index (χ0) is 23.6. The number of nitrogens with one attached hydrogen (secondary N) is 1. The van der Waals surface area contributed by atoms with E-state index < -0.39 is 23.7 Å². The largest absolute Gasteiger partial charge is 0.446 e. The van der Waals surface area contributed by atoms with Crippen molar-refractivity contribution in [2.24, 2.45) is 0 Å². The van der Waals surface area contributed by atoms with Crippen LogP contribution in [-0.4, -0.2) is 31.0 Å². The molecule has 0 radical (unpaired) electrons. The number of hydrogen-bond donors (Lipinski definition) is 1. The minimum absolute atomic E-state index is 0.00365. The Morgan fingerprint density at radius 3 is 2.64 bits per heavy atom. The molecule has 12 heteroatoms. The van der Waals surface area contributed by atoms with Gasteiger partial charge in [-0.1, -0.05) is 24.3 Å². The first kappa shape index (κ1) is 22.4. The summed E-state index contributed by atoms with van der Waals surface area (Å²) in [5.74, 6) is -1.51. The van der Waals surface area contributed by atoms with Crippen molar-refractivity contribution < 1.29 is 22.4 Å². The molecule has 8 nitrogen and oxygen atoms in total. The fraction of sp³-hybridized carbons (Fsp3) is 0.143. The van der Waals surface area contributed by atoms with Crippen molar-refractivity contribution in [3.05, 3.63) is 77.0 Å². The molecule has 33 heavy (non-hydrogen) atoms. The highest BCUT2D eigenvalue weighted by atomic mass is 32.2. The van der Waals surface area contributed by atoms with Gasteiger partial charge in [0.2, 0.25) is 5.91 Å². The Labute approximate surface area is 189 Å². The van der Waals surface area contributed by atoms with Crippen LogP contribution in [0.15, 0.2) is 74.9 Å². The van der Waals surface area contributed by atoms with Gasteiger partial charge in [-0.2, -0.15) is 23.0 Å². The molecule has 0 bridgehead atoms. The summed E-state index contributed by atoms with van der Waals surface area (Å²) in [4.78, 5) is 24.5. The number of aromatic nitrogens is 4. The van der Waals surface area contributed by atoms with Crippen molar-refractivity contribution in [1.29, 1.82) is 0 Å². The molecular formula is C21H16F3N5O3S. The number of anilines is 1. The van der Waals surface area contributed by atoms with Crippen LogP contribution in [0, 0.1) is 6.92 Å². The number of carbonyl (C=O) groups excluding carboxylic acids is 1. The Hall–Kier alpha value is -3.80. The van der Waals surface area contributed by atoms with Crippen LogP contribution in [0.2, 0.25) is 0 Å². The maximum absolute atomic E-state index is 12.5. The lowest BCUT2D eigenvalue weighted by atomic mass is 10.2. The fourth-order valence-electron chi connectivity index (χ4n) is 3.07. The van der Waals surface area contributed by atoms with Crippen LogP contribution in [0.3, 0.4) is 0 Å². The molecule has 0 aliphatic rings. The van der Waals surface area contributed by atoms with E-state index in [2.05, 4.69) is 15.5 Å². The minimum Gasteiger partial charge on any atom is -0.387 e. The van der Waals surface area contributed by atoms with E-state index in [4.69, 9.17) is 4.42 Å². The van der Waals surface area contributed by atoms with Crippen molar-refractivity contribution in [2.75, 3.05) is 5.32 Å². The normalized spacial score (nSPS) is 11.5. The zero-order valence-electron chi connectivity index (χ0n) is 17.0. The van der Waals surface area contributed by atoms with Crippen LogP contribution in [0.1, 0.15) is 5.69 Å². The molecular weight excluding hydrogens is 459 g/mol. The average Bonchev–Trinajstić information content (AvgIpc) is 3.30. The van der Waals surface area contributed by atoms with Gasteiger partial charge in [0.1, 0.15) is 6.54 Å². The number of para-hydroxylation sites is 1. The molecule has 0 fully saturated rings. The Morgan fingerprint density at radius 1 is 1.15 bits per heavy atom. The Bertz CT molecular complexity index is 1350. The van der Waals surface area contributed by atoms with Gasteiger partial charge in [-0.3, -0.25) is 4.79 Å². The first-order valence-electron chi connectivity index (χ1n) is 9.53. The first-order valence-corrected chi connectivity index (χ1v) is 10.4. The van der Waals surface area contributed by atoms with E-state index in [1.54, 1.807) is 11.6 Å². The lowest BCUT2D eigenvalue weighted by Gasteiger charge is -2.08. The fourth-order valence-corrected chi connectivity index (χ4v) is 3.67. The van der Waals surface area contributed by atoms with E-state index in [9.17, 15) is 22.8 Å². The maximum Gasteiger partial charge on any atom is 0.446 e. The lowest BCUT2D eigenvalue weighted by Crippen LogP contribution is -2.25. The van der Waals surface area contributed by atoms with E-state index in [1.807, 2.05) is 30.3 Å². The van der Waals surface area contributed by atoms with Crippen LogP contribution in [0.5, 0.6) is 0 Å². The molecule has 1 amide bonds. The highest BCUT2D eigenvalue weighted by Gasteiger charge is 2.29. The predicted molar refractivity (Wildman–Crippen MR) is 115 cm³/mol. The molecule has 0 atom stereocenters. The second-order valence-corrected chi connectivity index (χ2v) is 7.98. The van der Waals surface area contributed by atoms with E-state index >= 15 is 0 Å². The van der Waals surface area contributed by atoms with Gasteiger partial charge < -0.3 is 9.73 Å². The number of carbonyl (C=O) groups is 1. The number of nitrogens with zero attached hydrogens (tertiary/aromatic N) is 4. The van der Waals surface area contributed by atoms with Gasteiger partial charge in [0.05, 0.1) is 23.1 Å². The highest BCUT2D eigenvalue weighted by Crippen LogP contribution is 2.37. The molecule has 4 rings (SSSR count). The monoisotopic (exact) mass is 475 g/mol. The summed E-state index contributed by atoms with van der Waals surface area (Å²) in [5.41, 5.74) is -2.32. The molecule has 4 aromatic rings. The van der Waals surface area contributed by atoms with E-state index in [0.717, 1.165) is 10.4 Å². The molecule has 170 valence electrons. The van der Waals surface area contributed by atoms with E-state index in [-0.39, 0.29) is 28.2 Å². The maximum atomic E-state index is 12.5. The quantitative estimate of drug-likeness (QED) is 0.419. The molecule has 2 heterocycles. The molecule has 0 aliphatic carbocycles. The number of benzene rings is 2. The highest BCUT2D eigenvalue weighted by molar-refractivity contribution is 8.00. The molecule has 0 aliphatic heterocycles. The van der Waals surface area contributed by atoms with Gasteiger partial charge in [-0.25, -0.2) is 9.48 Å². The van der Waals surface area contributed by atoms with Crippen molar-refractivity contribution in [2.45, 2.75) is 23.9 Å². The Balaban J connectivity index is 1.49. The van der Waals surface area contributed by atoms with Crippen LogP contribution >= 0.6 is 11.8 Å². The number of amides is 1. The van der Waals surface area contributed by atoms with E-state index in [0.29, 0.717) is 11.3 Å². The number of halogens is 3. The molecule has 0 spiro atoms. The number of thioether (sulfide) groups is 1. The second kappa shape index (κ2) is 8.98. The van der Waals surface area contributed by atoms with Crippen LogP contribution in [0.4, 0.5) is 18.9 Å². The van der Waals surface area contributed by atoms with Crippen molar-refractivity contribution in [3.8, 4) is 17.1 Å². The van der Waals surface area contributed by atoms with E-state index in [1.165, 1.54) is 30.5 Å². The van der Waals surface area contributed by atoms with Crippen molar-refractivity contribution in [3.63, 3.8) is 0 Å². The predicted octanol–water partition coefficient (Wildman–Crippen LogP) is 4.25. The number of rotatable bonds is 6. The summed E-state index contributed by atoms with van der Waals surface area (Å²) in [5, 5.41) is 10.8. The van der Waals surface area contributed by atoms with Gasteiger partial charge in [0.25, 0.3) is 5.89 Å². The lowest BCUT2D eigenvalue weighted by molar-refractivity contribution is -0.117. The smallest absolute Gasteiger partial charge is 0.387 e. The molecule has 0 saturated heterocycles. The number of hydrogen-bond acceptors (Lipinski definition) is 6. The Kier molecular flexibility index (Phi) is 6.09. The molecule has 0 saturated carbocycles. The molecule has 2 aromatic heterocycles. The topological polar surface area (TPSA) is 94.9 Å². The Morgan fingerprint density at radius 2 is 1.91 bits per heavy atom. The first-order chi connectivity index (χ1) is 15.7. The zero-order valence-corrected chi connectivity index (χ0v) is 17.9. The second-order valence-electron chi connectivity index (χ2n) is 6.85. The SMILES string of the molecule is Cc1c(-c2nn(CC(=O)Nc3cccc(SC(F)(F)F)c3)c(=O)o2)cnn1-c1ccccc1. The summed E-state index contributed by atoms with van der Waals surface area (Å²) in [6.45, 7) is 1.30. The van der Waals surface area contributed by atoms with Gasteiger partial charge in [0, 0.05) is 10.6 Å². The van der Waals surface area contributed by atoms with Gasteiger partial charge >= 0.3 is 11.3 Å². The molecule has 0 unspecified atom stereocenters. The van der Waals surface area contributed by atoms with Gasteiger partial charge in [-0.05, 0) is 49.0 Å². The van der Waals surface area contributed by atoms with Crippen LogP contribution in [0.25, 0.3) is 17.1 Å². The summed E-state index contributed by atoms with van der Waals surface area (Å²) >= 11 is -0.291. The van der Waals surface area contributed by atoms with Crippen molar-refractivity contribution in [1.82, 2.24) is 19.6 Å². The van der Waals surface area contributed by atoms with Gasteiger partial charge in [-0.15, -0.1) is 5.10 Å². The van der Waals surface area contributed by atoms with Crippen LogP contribution in [-0.2, 0) is 11.3 Å². The van der Waals surface area contributed by atoms with Gasteiger partial charge in [0.15, 0.2) is 0 Å². The summed E-state index contributed by atoms with van der Waals surface area (Å²) in [6.07, 6.45) is 1.50. The molecule has 2 aromatic carbocycles.